The Hall–Kier alpha value is -0.670. The second kappa shape index (κ2) is 6.81. The predicted octanol–water partition coefficient (Wildman–Crippen LogP) is 3.49. The fourth-order valence-corrected chi connectivity index (χ4v) is 2.22. The van der Waals surface area contributed by atoms with E-state index in [0.717, 1.165) is 24.5 Å². The van der Waals surface area contributed by atoms with E-state index in [0.29, 0.717) is 5.92 Å². The Morgan fingerprint density at radius 3 is 2.81 bits per heavy atom. The van der Waals surface area contributed by atoms with Crippen LogP contribution in [-0.4, -0.2) is 18.1 Å². The molecule has 0 aliphatic heterocycles. The van der Waals surface area contributed by atoms with Crippen molar-refractivity contribution in [3.8, 4) is 0 Å². The van der Waals surface area contributed by atoms with E-state index in [1.54, 1.807) is 11.3 Å². The summed E-state index contributed by atoms with van der Waals surface area (Å²) in [5.41, 5.74) is 1.45. The third-order valence-corrected chi connectivity index (χ3v) is 3.20. The second-order valence-corrected chi connectivity index (χ2v) is 5.73. The monoisotopic (exact) mass is 238 g/mol. The number of rotatable bonds is 6. The van der Waals surface area contributed by atoms with Crippen LogP contribution in [0.3, 0.4) is 0 Å². The largest absolute Gasteiger partial charge is 0.313 e. The molecule has 1 rings (SSSR count). The van der Waals surface area contributed by atoms with Gasteiger partial charge in [-0.1, -0.05) is 26.3 Å². The molecule has 1 aromatic heterocycles. The normalized spacial score (nSPS) is 12.4. The number of hydrogen-bond donors (Lipinski definition) is 1. The lowest BCUT2D eigenvalue weighted by molar-refractivity contribution is 0.569. The van der Waals surface area contributed by atoms with E-state index in [9.17, 15) is 0 Å². The third-order valence-electron chi connectivity index (χ3n) is 2.34. The highest BCUT2D eigenvalue weighted by Crippen LogP contribution is 2.16. The average molecular weight is 238 g/mol. The summed E-state index contributed by atoms with van der Waals surface area (Å²) in [5.74, 6) is 0.712. The van der Waals surface area contributed by atoms with Gasteiger partial charge in [-0.15, -0.1) is 11.3 Å². The van der Waals surface area contributed by atoms with E-state index in [-0.39, 0.29) is 0 Å². The van der Waals surface area contributed by atoms with Crippen LogP contribution in [0.5, 0.6) is 0 Å². The summed E-state index contributed by atoms with van der Waals surface area (Å²) in [6.45, 7) is 10.8. The van der Waals surface area contributed by atoms with Gasteiger partial charge in [0, 0.05) is 17.6 Å². The molecule has 0 bridgehead atoms. The van der Waals surface area contributed by atoms with Crippen LogP contribution in [0.25, 0.3) is 6.08 Å². The Morgan fingerprint density at radius 2 is 2.31 bits per heavy atom. The van der Waals surface area contributed by atoms with Crippen LogP contribution in [-0.2, 0) is 0 Å². The fraction of sp³-hybridized carbons (Fsp3) is 0.615. The number of hydrogen-bond acceptors (Lipinski definition) is 3. The Kier molecular flexibility index (Phi) is 5.71. The Labute approximate surface area is 103 Å². The van der Waals surface area contributed by atoms with Gasteiger partial charge in [-0.2, -0.15) is 0 Å². The molecule has 0 aliphatic carbocycles. The summed E-state index contributed by atoms with van der Waals surface area (Å²) < 4.78 is 0. The number of thiazole rings is 1. The molecule has 1 N–H and O–H groups in total. The topological polar surface area (TPSA) is 24.9 Å². The van der Waals surface area contributed by atoms with E-state index in [1.807, 2.05) is 13.1 Å². The van der Waals surface area contributed by atoms with Crippen molar-refractivity contribution in [2.24, 2.45) is 5.92 Å². The van der Waals surface area contributed by atoms with Crippen LogP contribution in [0.2, 0.25) is 0 Å². The van der Waals surface area contributed by atoms with Gasteiger partial charge in [0.1, 0.15) is 0 Å². The quantitative estimate of drug-likeness (QED) is 0.820. The molecule has 0 atom stereocenters. The van der Waals surface area contributed by atoms with Crippen LogP contribution in [0.4, 0.5) is 0 Å². The van der Waals surface area contributed by atoms with Crippen LogP contribution in [0.1, 0.15) is 37.1 Å². The maximum Gasteiger partial charge on any atom is 0.0900 e. The lowest BCUT2D eigenvalue weighted by Gasteiger charge is -2.08. The summed E-state index contributed by atoms with van der Waals surface area (Å²) in [5, 5.41) is 4.61. The lowest BCUT2D eigenvalue weighted by atomic mass is 10.1. The zero-order valence-corrected chi connectivity index (χ0v) is 11.5. The molecule has 0 radical (unpaired) electrons. The molecule has 0 unspecified atom stereocenters. The van der Waals surface area contributed by atoms with E-state index in [4.69, 9.17) is 0 Å². The molecule has 3 heteroatoms. The van der Waals surface area contributed by atoms with Crippen molar-refractivity contribution in [2.45, 2.75) is 34.1 Å². The van der Waals surface area contributed by atoms with Crippen LogP contribution < -0.4 is 5.32 Å². The van der Waals surface area contributed by atoms with Gasteiger partial charge in [-0.3, -0.25) is 0 Å². The number of aromatic nitrogens is 1. The smallest absolute Gasteiger partial charge is 0.0900 e. The van der Waals surface area contributed by atoms with Gasteiger partial charge in [0.25, 0.3) is 0 Å². The molecule has 0 saturated heterocycles. The van der Waals surface area contributed by atoms with E-state index < -0.39 is 0 Å². The van der Waals surface area contributed by atoms with Gasteiger partial charge in [-0.25, -0.2) is 4.98 Å². The minimum Gasteiger partial charge on any atom is -0.313 e. The van der Waals surface area contributed by atoms with Gasteiger partial charge >= 0.3 is 0 Å². The number of aryl methyl sites for hydroxylation is 1. The highest BCUT2D eigenvalue weighted by Gasteiger charge is 1.99. The van der Waals surface area contributed by atoms with Crippen molar-refractivity contribution in [2.75, 3.05) is 13.1 Å². The molecule has 0 spiro atoms. The van der Waals surface area contributed by atoms with Gasteiger partial charge in [0.15, 0.2) is 0 Å². The number of nitrogens with one attached hydrogen (secondary N) is 1. The molecular formula is C13H22N2S. The second-order valence-electron chi connectivity index (χ2n) is 4.46. The maximum atomic E-state index is 4.27. The fourth-order valence-electron chi connectivity index (χ4n) is 1.45. The zero-order chi connectivity index (χ0) is 12.0. The Bertz CT molecular complexity index is 339. The van der Waals surface area contributed by atoms with Gasteiger partial charge < -0.3 is 5.32 Å². The molecule has 0 fully saturated rings. The summed E-state index contributed by atoms with van der Waals surface area (Å²) in [6, 6.07) is 0. The molecule has 0 aromatic carbocycles. The first-order valence-electron chi connectivity index (χ1n) is 5.94. The molecule has 16 heavy (non-hydrogen) atoms. The first kappa shape index (κ1) is 13.4. The molecule has 1 aromatic rings. The minimum absolute atomic E-state index is 0.712. The van der Waals surface area contributed by atoms with Crippen LogP contribution >= 0.6 is 11.3 Å². The van der Waals surface area contributed by atoms with Gasteiger partial charge in [0.05, 0.1) is 5.01 Å². The third kappa shape index (κ3) is 4.90. The highest BCUT2D eigenvalue weighted by molar-refractivity contribution is 7.12. The van der Waals surface area contributed by atoms with Crippen molar-refractivity contribution in [1.29, 1.82) is 0 Å². The first-order chi connectivity index (χ1) is 7.61. The number of nitrogens with zero attached hydrogens (tertiary/aromatic N) is 1. The van der Waals surface area contributed by atoms with Crippen molar-refractivity contribution in [3.05, 3.63) is 21.7 Å². The summed E-state index contributed by atoms with van der Waals surface area (Å²) in [6.07, 6.45) is 5.32. The summed E-state index contributed by atoms with van der Waals surface area (Å²) >= 11 is 1.76. The predicted molar refractivity (Wildman–Crippen MR) is 72.8 cm³/mol. The molecule has 90 valence electrons. The molecule has 0 saturated carbocycles. The van der Waals surface area contributed by atoms with Crippen molar-refractivity contribution in [1.82, 2.24) is 10.3 Å². The van der Waals surface area contributed by atoms with E-state index in [2.05, 4.69) is 37.1 Å². The van der Waals surface area contributed by atoms with Gasteiger partial charge in [-0.05, 0) is 31.9 Å². The molecule has 0 aliphatic rings. The SMILES string of the molecule is CCC(=Cc1cnc(C)s1)CNCC(C)C. The molecule has 2 nitrogen and oxygen atoms in total. The highest BCUT2D eigenvalue weighted by atomic mass is 32.1. The van der Waals surface area contributed by atoms with Gasteiger partial charge in [0.2, 0.25) is 0 Å². The van der Waals surface area contributed by atoms with Crippen LogP contribution in [0.15, 0.2) is 11.8 Å². The van der Waals surface area contributed by atoms with E-state index in [1.165, 1.54) is 10.5 Å². The van der Waals surface area contributed by atoms with E-state index >= 15 is 0 Å². The molecule has 0 amide bonds. The Balaban J connectivity index is 2.50. The first-order valence-corrected chi connectivity index (χ1v) is 6.76. The van der Waals surface area contributed by atoms with Crippen molar-refractivity contribution in [3.63, 3.8) is 0 Å². The maximum absolute atomic E-state index is 4.27. The lowest BCUT2D eigenvalue weighted by Crippen LogP contribution is -2.21. The zero-order valence-electron chi connectivity index (χ0n) is 10.7. The minimum atomic E-state index is 0.712. The summed E-state index contributed by atoms with van der Waals surface area (Å²) in [4.78, 5) is 5.53. The van der Waals surface area contributed by atoms with Crippen molar-refractivity contribution < 1.29 is 0 Å². The van der Waals surface area contributed by atoms with Crippen LogP contribution in [0, 0.1) is 12.8 Å². The standard InChI is InChI=1S/C13H22N2S/c1-5-12(8-14-7-10(2)3)6-13-9-15-11(4)16-13/h6,9-10,14H,5,7-8H2,1-4H3. The summed E-state index contributed by atoms with van der Waals surface area (Å²) in [7, 11) is 0. The Morgan fingerprint density at radius 1 is 1.56 bits per heavy atom. The van der Waals surface area contributed by atoms with Crippen molar-refractivity contribution >= 4 is 17.4 Å². The molecular weight excluding hydrogens is 216 g/mol. The molecule has 1 heterocycles. The average Bonchev–Trinajstić information content (AvgIpc) is 2.62.